The van der Waals surface area contributed by atoms with E-state index < -0.39 is 5.54 Å². The van der Waals surface area contributed by atoms with Gasteiger partial charge in [0.25, 0.3) is 0 Å². The molecule has 2 aliphatic carbocycles. The van der Waals surface area contributed by atoms with Crippen molar-refractivity contribution in [1.82, 2.24) is 10.6 Å². The normalized spacial score (nSPS) is 21.9. The van der Waals surface area contributed by atoms with Crippen LogP contribution in [0.2, 0.25) is 0 Å². The average Bonchev–Trinajstić information content (AvgIpc) is 3.04. The van der Waals surface area contributed by atoms with Crippen LogP contribution in [0.1, 0.15) is 32.1 Å². The summed E-state index contributed by atoms with van der Waals surface area (Å²) in [6, 6.07) is 0.387. The number of hydrogen-bond donors (Lipinski definition) is 3. The molecule has 0 unspecified atom stereocenters. The van der Waals surface area contributed by atoms with Gasteiger partial charge in [0.05, 0.1) is 5.54 Å². The molecule has 0 aromatic rings. The summed E-state index contributed by atoms with van der Waals surface area (Å²) in [5.74, 6) is -0.110. The maximum atomic E-state index is 11.4. The molecule has 0 atom stereocenters. The van der Waals surface area contributed by atoms with Crippen LogP contribution in [0, 0.1) is 0 Å². The molecule has 2 fully saturated rings. The van der Waals surface area contributed by atoms with E-state index in [2.05, 4.69) is 10.6 Å². The van der Waals surface area contributed by atoms with Crippen LogP contribution in [-0.4, -0.2) is 29.9 Å². The first-order chi connectivity index (χ1) is 7.10. The molecule has 5 heteroatoms. The summed E-state index contributed by atoms with van der Waals surface area (Å²) in [5, 5.41) is 5.55. The van der Waals surface area contributed by atoms with E-state index in [9.17, 15) is 9.59 Å². The molecule has 0 heterocycles. The van der Waals surface area contributed by atoms with Crippen molar-refractivity contribution in [3.05, 3.63) is 0 Å². The average molecular weight is 211 g/mol. The Morgan fingerprint density at radius 1 is 1.33 bits per heavy atom. The molecule has 0 spiro atoms. The van der Waals surface area contributed by atoms with Crippen molar-refractivity contribution < 1.29 is 9.59 Å². The summed E-state index contributed by atoms with van der Waals surface area (Å²) in [6.45, 7) is 0.385. The fourth-order valence-corrected chi connectivity index (χ4v) is 1.35. The molecule has 0 bridgehead atoms. The molecule has 5 nitrogen and oxygen atoms in total. The molecule has 2 amide bonds. The molecular weight excluding hydrogens is 194 g/mol. The fourth-order valence-electron chi connectivity index (χ4n) is 1.35. The van der Waals surface area contributed by atoms with Gasteiger partial charge in [-0.25, -0.2) is 0 Å². The lowest BCUT2D eigenvalue weighted by Gasteiger charge is -2.09. The monoisotopic (exact) mass is 211 g/mol. The zero-order chi connectivity index (χ0) is 10.9. The Morgan fingerprint density at radius 3 is 2.53 bits per heavy atom. The van der Waals surface area contributed by atoms with E-state index in [1.54, 1.807) is 0 Å². The first kappa shape index (κ1) is 10.4. The van der Waals surface area contributed by atoms with Gasteiger partial charge in [-0.15, -0.1) is 0 Å². The Bertz CT molecular complexity index is 282. The van der Waals surface area contributed by atoms with Crippen LogP contribution in [0.25, 0.3) is 0 Å². The summed E-state index contributed by atoms with van der Waals surface area (Å²) in [7, 11) is 0. The molecule has 15 heavy (non-hydrogen) atoms. The van der Waals surface area contributed by atoms with Gasteiger partial charge in [-0.2, -0.15) is 0 Å². The summed E-state index contributed by atoms with van der Waals surface area (Å²) >= 11 is 0. The van der Waals surface area contributed by atoms with Crippen LogP contribution in [0.3, 0.4) is 0 Å². The minimum absolute atomic E-state index is 0.0136. The van der Waals surface area contributed by atoms with E-state index in [-0.39, 0.29) is 11.8 Å². The van der Waals surface area contributed by atoms with Crippen molar-refractivity contribution in [1.29, 1.82) is 0 Å². The highest BCUT2D eigenvalue weighted by molar-refractivity contribution is 5.89. The molecule has 2 aliphatic rings. The summed E-state index contributed by atoms with van der Waals surface area (Å²) in [4.78, 5) is 22.6. The summed E-state index contributed by atoms with van der Waals surface area (Å²) < 4.78 is 0. The first-order valence-corrected chi connectivity index (χ1v) is 5.47. The van der Waals surface area contributed by atoms with Gasteiger partial charge in [0.1, 0.15) is 0 Å². The number of carbonyl (C=O) groups is 2. The Labute approximate surface area is 88.8 Å². The SMILES string of the molecule is NC1(C(=O)NCCC(=O)NC2CC2)CC1. The van der Waals surface area contributed by atoms with Gasteiger partial charge in [0.2, 0.25) is 11.8 Å². The minimum Gasteiger partial charge on any atom is -0.354 e. The molecule has 0 aliphatic heterocycles. The molecule has 0 aromatic carbocycles. The quantitative estimate of drug-likeness (QED) is 0.560. The van der Waals surface area contributed by atoms with Crippen molar-refractivity contribution in [2.24, 2.45) is 5.73 Å². The predicted molar refractivity (Wildman–Crippen MR) is 54.9 cm³/mol. The van der Waals surface area contributed by atoms with Gasteiger partial charge in [-0.05, 0) is 25.7 Å². The summed E-state index contributed by atoms with van der Waals surface area (Å²) in [6.07, 6.45) is 4.03. The van der Waals surface area contributed by atoms with Crippen LogP contribution in [-0.2, 0) is 9.59 Å². The number of amides is 2. The molecular formula is C10H17N3O2. The Kier molecular flexibility index (Phi) is 2.65. The third kappa shape index (κ3) is 2.92. The first-order valence-electron chi connectivity index (χ1n) is 5.47. The minimum atomic E-state index is -0.632. The zero-order valence-electron chi connectivity index (χ0n) is 8.71. The van der Waals surface area contributed by atoms with E-state index in [0.29, 0.717) is 19.0 Å². The third-order valence-electron chi connectivity index (χ3n) is 2.82. The van der Waals surface area contributed by atoms with Gasteiger partial charge in [0, 0.05) is 19.0 Å². The van der Waals surface area contributed by atoms with Crippen LogP contribution in [0.5, 0.6) is 0 Å². The van der Waals surface area contributed by atoms with Gasteiger partial charge in [0.15, 0.2) is 0 Å². The molecule has 4 N–H and O–H groups in total. The highest BCUT2D eigenvalue weighted by Gasteiger charge is 2.45. The van der Waals surface area contributed by atoms with Gasteiger partial charge in [-0.1, -0.05) is 0 Å². The predicted octanol–water partition coefficient (Wildman–Crippen LogP) is -0.737. The second-order valence-electron chi connectivity index (χ2n) is 4.50. The standard InChI is InChI=1S/C10H17N3O2/c11-10(4-5-10)9(15)12-6-3-8(14)13-7-1-2-7/h7H,1-6,11H2,(H,12,15)(H,13,14). The molecule has 2 saturated carbocycles. The smallest absolute Gasteiger partial charge is 0.240 e. The van der Waals surface area contributed by atoms with Gasteiger partial charge >= 0.3 is 0 Å². The molecule has 0 saturated heterocycles. The lowest BCUT2D eigenvalue weighted by atomic mass is 10.2. The number of nitrogens with two attached hydrogens (primary N) is 1. The van der Waals surface area contributed by atoms with Crippen LogP contribution in [0.15, 0.2) is 0 Å². The molecule has 0 aromatic heterocycles. The summed E-state index contributed by atoms with van der Waals surface area (Å²) in [5.41, 5.74) is 5.05. The van der Waals surface area contributed by atoms with E-state index in [4.69, 9.17) is 5.73 Å². The fraction of sp³-hybridized carbons (Fsp3) is 0.800. The van der Waals surface area contributed by atoms with Crippen molar-refractivity contribution in [2.45, 2.75) is 43.7 Å². The molecule has 2 rings (SSSR count). The molecule has 84 valence electrons. The Morgan fingerprint density at radius 2 is 2.00 bits per heavy atom. The number of carbonyl (C=O) groups excluding carboxylic acids is 2. The Hall–Kier alpha value is -1.10. The van der Waals surface area contributed by atoms with Crippen LogP contribution < -0.4 is 16.4 Å². The lowest BCUT2D eigenvalue weighted by Crippen LogP contribution is -2.43. The Balaban J connectivity index is 1.57. The number of rotatable bonds is 5. The highest BCUT2D eigenvalue weighted by Crippen LogP contribution is 2.31. The topological polar surface area (TPSA) is 84.2 Å². The number of hydrogen-bond acceptors (Lipinski definition) is 3. The van der Waals surface area contributed by atoms with E-state index in [1.807, 2.05) is 0 Å². The zero-order valence-corrected chi connectivity index (χ0v) is 8.71. The maximum absolute atomic E-state index is 11.4. The highest BCUT2D eigenvalue weighted by atomic mass is 16.2. The van der Waals surface area contributed by atoms with E-state index in [1.165, 1.54) is 0 Å². The van der Waals surface area contributed by atoms with Crippen molar-refractivity contribution in [3.63, 3.8) is 0 Å². The second kappa shape index (κ2) is 3.81. The third-order valence-corrected chi connectivity index (χ3v) is 2.82. The van der Waals surface area contributed by atoms with Crippen molar-refractivity contribution in [3.8, 4) is 0 Å². The van der Waals surface area contributed by atoms with Crippen LogP contribution >= 0.6 is 0 Å². The number of nitrogens with one attached hydrogen (secondary N) is 2. The van der Waals surface area contributed by atoms with Gasteiger partial charge < -0.3 is 16.4 Å². The largest absolute Gasteiger partial charge is 0.354 e. The second-order valence-corrected chi connectivity index (χ2v) is 4.50. The van der Waals surface area contributed by atoms with Crippen molar-refractivity contribution in [2.75, 3.05) is 6.54 Å². The van der Waals surface area contributed by atoms with E-state index in [0.717, 1.165) is 25.7 Å². The van der Waals surface area contributed by atoms with E-state index >= 15 is 0 Å². The van der Waals surface area contributed by atoms with Crippen LogP contribution in [0.4, 0.5) is 0 Å². The maximum Gasteiger partial charge on any atom is 0.240 e. The molecule has 0 radical (unpaired) electrons. The lowest BCUT2D eigenvalue weighted by molar-refractivity contribution is -0.123. The van der Waals surface area contributed by atoms with Crippen molar-refractivity contribution >= 4 is 11.8 Å². The van der Waals surface area contributed by atoms with Gasteiger partial charge in [-0.3, -0.25) is 9.59 Å².